The van der Waals surface area contributed by atoms with Gasteiger partial charge < -0.3 is 4.57 Å². The zero-order valence-corrected chi connectivity index (χ0v) is 22.0. The zero-order chi connectivity index (χ0) is 24.8. The van der Waals surface area contributed by atoms with E-state index in [-0.39, 0.29) is 17.6 Å². The Kier molecular flexibility index (Phi) is 9.07. The fourth-order valence-corrected chi connectivity index (χ4v) is 5.16. The molecule has 0 aliphatic rings. The molecule has 0 aliphatic carbocycles. The minimum Gasteiger partial charge on any atom is -0.341 e. The van der Waals surface area contributed by atoms with Crippen LogP contribution in [0.4, 0.5) is 0 Å². The molecule has 1 heterocycles. The van der Waals surface area contributed by atoms with Crippen molar-refractivity contribution in [2.45, 2.75) is 85.2 Å². The van der Waals surface area contributed by atoms with Crippen molar-refractivity contribution in [3.05, 3.63) is 47.5 Å². The van der Waals surface area contributed by atoms with Gasteiger partial charge in [-0.2, -0.15) is 0 Å². The van der Waals surface area contributed by atoms with E-state index in [0.29, 0.717) is 12.3 Å². The van der Waals surface area contributed by atoms with Gasteiger partial charge in [0.05, 0.1) is 6.04 Å². The quantitative estimate of drug-likeness (QED) is 0.195. The second-order valence-electron chi connectivity index (χ2n) is 10.0. The predicted octanol–water partition coefficient (Wildman–Crippen LogP) is 7.52. The molecule has 2 aromatic carbocycles. The molecule has 184 valence electrons. The molecule has 3 aromatic rings. The smallest absolute Gasteiger partial charge is 0.179 e. The number of benzene rings is 2. The largest absolute Gasteiger partial charge is 0.341 e. The molecule has 2 unspecified atom stereocenters. The van der Waals surface area contributed by atoms with Gasteiger partial charge >= 0.3 is 0 Å². The van der Waals surface area contributed by atoms with Gasteiger partial charge in [0, 0.05) is 45.9 Å². The Hall–Kier alpha value is -2.46. The van der Waals surface area contributed by atoms with Crippen LogP contribution in [0.25, 0.3) is 21.8 Å². The number of rotatable bonds is 13. The number of Topliss-reactive ketones (excluding diaryl/α,β-unsaturated/α-hetero) is 2. The molecule has 0 spiro atoms. The van der Waals surface area contributed by atoms with E-state index in [1.807, 2.05) is 50.2 Å². The van der Waals surface area contributed by atoms with Crippen LogP contribution in [0.15, 0.2) is 36.4 Å². The summed E-state index contributed by atoms with van der Waals surface area (Å²) >= 11 is 0. The Bertz CT molecular complexity index is 1140. The number of carbonyl (C=O) groups excluding carboxylic acids is 2. The number of hydrogen-bond acceptors (Lipinski definition) is 3. The normalized spacial score (nSPS) is 13.6. The zero-order valence-electron chi connectivity index (χ0n) is 22.0. The Balaban J connectivity index is 1.93. The van der Waals surface area contributed by atoms with Crippen LogP contribution < -0.4 is 0 Å². The maximum Gasteiger partial charge on any atom is 0.179 e. The lowest BCUT2D eigenvalue weighted by molar-refractivity contribution is 0.0871. The first-order valence-electron chi connectivity index (χ1n) is 13.1. The minimum atomic E-state index is -0.131. The van der Waals surface area contributed by atoms with Crippen LogP contribution in [0.3, 0.4) is 0 Å². The number of ketones is 2. The molecule has 0 saturated carbocycles. The maximum absolute atomic E-state index is 13.2. The average Bonchev–Trinajstić information content (AvgIpc) is 3.15. The second kappa shape index (κ2) is 11.8. The summed E-state index contributed by atoms with van der Waals surface area (Å²) in [6.45, 7) is 9.51. The van der Waals surface area contributed by atoms with Crippen LogP contribution in [0, 0.1) is 5.92 Å². The van der Waals surface area contributed by atoms with Crippen LogP contribution in [0.1, 0.15) is 93.4 Å². The monoisotopic (exact) mass is 462 g/mol. The molecular formula is C30H42N2O2. The summed E-state index contributed by atoms with van der Waals surface area (Å²) < 4.78 is 2.27. The van der Waals surface area contributed by atoms with E-state index >= 15 is 0 Å². The first-order chi connectivity index (χ1) is 16.3. The minimum absolute atomic E-state index is 0.131. The van der Waals surface area contributed by atoms with Gasteiger partial charge in [0.25, 0.3) is 0 Å². The van der Waals surface area contributed by atoms with E-state index in [2.05, 4.69) is 37.5 Å². The number of hydrogen-bond donors (Lipinski definition) is 0. The molecule has 4 nitrogen and oxygen atoms in total. The molecule has 0 N–H and O–H groups in total. The maximum atomic E-state index is 13.2. The lowest BCUT2D eigenvalue weighted by Gasteiger charge is -2.21. The van der Waals surface area contributed by atoms with E-state index in [1.54, 1.807) is 0 Å². The van der Waals surface area contributed by atoms with Crippen molar-refractivity contribution >= 4 is 33.4 Å². The van der Waals surface area contributed by atoms with Crippen LogP contribution >= 0.6 is 0 Å². The Morgan fingerprint density at radius 1 is 0.882 bits per heavy atom. The first-order valence-corrected chi connectivity index (χ1v) is 13.1. The van der Waals surface area contributed by atoms with E-state index in [9.17, 15) is 9.59 Å². The third-order valence-corrected chi connectivity index (χ3v) is 7.26. The molecule has 4 heteroatoms. The molecule has 3 rings (SSSR count). The van der Waals surface area contributed by atoms with E-state index in [1.165, 1.54) is 25.7 Å². The second-order valence-corrected chi connectivity index (χ2v) is 10.0. The number of fused-ring (bicyclic) bond motifs is 3. The molecule has 0 amide bonds. The van der Waals surface area contributed by atoms with E-state index in [4.69, 9.17) is 0 Å². The Morgan fingerprint density at radius 3 is 2.06 bits per heavy atom. The topological polar surface area (TPSA) is 42.3 Å². The highest BCUT2D eigenvalue weighted by molar-refractivity contribution is 6.13. The summed E-state index contributed by atoms with van der Waals surface area (Å²) in [7, 11) is 3.91. The molecule has 0 bridgehead atoms. The van der Waals surface area contributed by atoms with Gasteiger partial charge in [-0.3, -0.25) is 14.5 Å². The molecule has 0 radical (unpaired) electrons. The molecule has 2 atom stereocenters. The van der Waals surface area contributed by atoms with Crippen LogP contribution in [-0.4, -0.2) is 41.2 Å². The van der Waals surface area contributed by atoms with Gasteiger partial charge in [-0.1, -0.05) is 46.5 Å². The predicted molar refractivity (Wildman–Crippen MR) is 144 cm³/mol. The number of aryl methyl sites for hydroxylation is 1. The molecular weight excluding hydrogens is 420 g/mol. The third-order valence-electron chi connectivity index (χ3n) is 7.26. The van der Waals surface area contributed by atoms with Crippen LogP contribution in [0.5, 0.6) is 0 Å². The van der Waals surface area contributed by atoms with Gasteiger partial charge in [0.2, 0.25) is 0 Å². The molecule has 0 saturated heterocycles. The van der Waals surface area contributed by atoms with Crippen LogP contribution in [-0.2, 0) is 6.54 Å². The molecule has 0 fully saturated rings. The standard InChI is InChI=1S/C30H42N2O2/c1-7-10-11-12-21(4)13-18-29(33)22-14-16-27-24(19-22)25-20-23(15-17-28(25)32(27)9-3)30(34)26(8-2)31(5)6/h14-17,19-21,26H,7-13,18H2,1-6H3. The van der Waals surface area contributed by atoms with Gasteiger partial charge in [0.15, 0.2) is 11.6 Å². The molecule has 34 heavy (non-hydrogen) atoms. The SMILES string of the molecule is CCCCCC(C)CCC(=O)c1ccc2c(c1)c1cc(C(=O)C(CC)N(C)C)ccc1n2CC. The number of aromatic nitrogens is 1. The number of nitrogens with zero attached hydrogens (tertiary/aromatic N) is 2. The summed E-state index contributed by atoms with van der Waals surface area (Å²) in [6.07, 6.45) is 7.27. The van der Waals surface area contributed by atoms with Gasteiger partial charge in [-0.05, 0) is 76.2 Å². The average molecular weight is 463 g/mol. The van der Waals surface area contributed by atoms with Crippen molar-refractivity contribution in [1.29, 1.82) is 0 Å². The molecule has 0 aliphatic heterocycles. The fraction of sp³-hybridized carbons (Fsp3) is 0.533. The van der Waals surface area contributed by atoms with Gasteiger partial charge in [0.1, 0.15) is 0 Å². The van der Waals surface area contributed by atoms with Crippen molar-refractivity contribution in [3.8, 4) is 0 Å². The first kappa shape index (κ1) is 26.2. The fourth-order valence-electron chi connectivity index (χ4n) is 5.16. The van der Waals surface area contributed by atoms with Crippen molar-refractivity contribution in [2.75, 3.05) is 14.1 Å². The number of carbonyl (C=O) groups is 2. The number of likely N-dealkylation sites (N-methyl/N-ethyl adjacent to an activating group) is 1. The molecule has 1 aromatic heterocycles. The van der Waals surface area contributed by atoms with Gasteiger partial charge in [-0.15, -0.1) is 0 Å². The van der Waals surface area contributed by atoms with E-state index < -0.39 is 0 Å². The summed E-state index contributed by atoms with van der Waals surface area (Å²) in [5, 5.41) is 2.12. The summed E-state index contributed by atoms with van der Waals surface area (Å²) in [5.41, 5.74) is 3.74. The lowest BCUT2D eigenvalue weighted by atomic mass is 9.94. The highest BCUT2D eigenvalue weighted by atomic mass is 16.1. The van der Waals surface area contributed by atoms with Crippen molar-refractivity contribution in [3.63, 3.8) is 0 Å². The summed E-state index contributed by atoms with van der Waals surface area (Å²) in [4.78, 5) is 28.2. The van der Waals surface area contributed by atoms with Crippen molar-refractivity contribution in [1.82, 2.24) is 9.47 Å². The lowest BCUT2D eigenvalue weighted by Crippen LogP contribution is -2.35. The van der Waals surface area contributed by atoms with Crippen LogP contribution in [0.2, 0.25) is 0 Å². The third kappa shape index (κ3) is 5.60. The highest BCUT2D eigenvalue weighted by Crippen LogP contribution is 2.32. The van der Waals surface area contributed by atoms with Crippen molar-refractivity contribution < 1.29 is 9.59 Å². The summed E-state index contributed by atoms with van der Waals surface area (Å²) in [6, 6.07) is 12.0. The van der Waals surface area contributed by atoms with Gasteiger partial charge in [-0.25, -0.2) is 0 Å². The Labute approximate surface area is 205 Å². The van der Waals surface area contributed by atoms with E-state index in [0.717, 1.165) is 52.3 Å². The Morgan fingerprint density at radius 2 is 1.50 bits per heavy atom. The van der Waals surface area contributed by atoms with Crippen molar-refractivity contribution in [2.24, 2.45) is 5.92 Å². The number of unbranched alkanes of at least 4 members (excludes halogenated alkanes) is 2. The summed E-state index contributed by atoms with van der Waals surface area (Å²) in [5.74, 6) is 0.946. The highest BCUT2D eigenvalue weighted by Gasteiger charge is 2.22.